The Balaban J connectivity index is 1.55. The number of ether oxygens (including phenoxy) is 1. The molecule has 1 aromatic heterocycles. The van der Waals surface area contributed by atoms with Crippen LogP contribution in [0.1, 0.15) is 5.56 Å². The fraction of sp³-hybridized carbons (Fsp3) is 0.0435. The maximum absolute atomic E-state index is 12.5. The Labute approximate surface area is 210 Å². The van der Waals surface area contributed by atoms with E-state index in [4.69, 9.17) is 32.4 Å². The van der Waals surface area contributed by atoms with Gasteiger partial charge in [0.05, 0.1) is 22.2 Å². The van der Waals surface area contributed by atoms with Gasteiger partial charge in [0.1, 0.15) is 11.3 Å². The summed E-state index contributed by atoms with van der Waals surface area (Å²) in [6, 6.07) is 14.0. The van der Waals surface area contributed by atoms with E-state index in [1.807, 2.05) is 12.1 Å². The van der Waals surface area contributed by atoms with Gasteiger partial charge in [-0.3, -0.25) is 4.79 Å². The van der Waals surface area contributed by atoms with Crippen LogP contribution in [0.15, 0.2) is 68.0 Å². The van der Waals surface area contributed by atoms with Crippen LogP contribution >= 0.6 is 55.1 Å². The van der Waals surface area contributed by atoms with E-state index in [-0.39, 0.29) is 5.91 Å². The largest absolute Gasteiger partial charge is 0.495 e. The fourth-order valence-corrected chi connectivity index (χ4v) is 4.84. The number of amides is 1. The summed E-state index contributed by atoms with van der Waals surface area (Å²) in [5.74, 6) is 0.681. The van der Waals surface area contributed by atoms with Gasteiger partial charge in [0.25, 0.3) is 0 Å². The molecule has 4 aromatic rings. The van der Waals surface area contributed by atoms with Crippen molar-refractivity contribution < 1.29 is 13.9 Å². The molecule has 0 unspecified atom stereocenters. The van der Waals surface area contributed by atoms with Gasteiger partial charge in [0, 0.05) is 26.8 Å². The number of carbonyl (C=O) groups is 1. The van der Waals surface area contributed by atoms with Crippen LogP contribution in [0.3, 0.4) is 0 Å². The average Bonchev–Trinajstić information content (AvgIpc) is 3.17. The molecule has 0 saturated heterocycles. The van der Waals surface area contributed by atoms with Gasteiger partial charge >= 0.3 is 0 Å². The second-order valence-corrected chi connectivity index (χ2v) is 9.27. The maximum atomic E-state index is 12.5. The number of halogens is 4. The summed E-state index contributed by atoms with van der Waals surface area (Å²) in [5.41, 5.74) is 3.06. The minimum Gasteiger partial charge on any atom is -0.495 e. The highest BCUT2D eigenvalue weighted by atomic mass is 79.9. The molecule has 0 aliphatic heterocycles. The van der Waals surface area contributed by atoms with Crippen molar-refractivity contribution in [3.8, 4) is 17.2 Å². The lowest BCUT2D eigenvalue weighted by atomic mass is 10.2. The number of anilines is 1. The van der Waals surface area contributed by atoms with Crippen LogP contribution in [0.25, 0.3) is 28.6 Å². The lowest BCUT2D eigenvalue weighted by molar-refractivity contribution is -0.111. The summed E-state index contributed by atoms with van der Waals surface area (Å²) in [5, 5.41) is 3.83. The van der Waals surface area contributed by atoms with Gasteiger partial charge in [-0.1, -0.05) is 39.1 Å². The van der Waals surface area contributed by atoms with Crippen molar-refractivity contribution in [2.75, 3.05) is 12.4 Å². The predicted molar refractivity (Wildman–Crippen MR) is 136 cm³/mol. The monoisotopic (exact) mass is 594 g/mol. The summed E-state index contributed by atoms with van der Waals surface area (Å²) in [4.78, 5) is 16.9. The van der Waals surface area contributed by atoms with Crippen molar-refractivity contribution in [3.05, 3.63) is 79.2 Å². The molecule has 162 valence electrons. The minimum atomic E-state index is -0.302. The van der Waals surface area contributed by atoms with Gasteiger partial charge in [-0.05, 0) is 70.5 Å². The third-order valence-electron chi connectivity index (χ3n) is 4.47. The molecular weight excluding hydrogens is 583 g/mol. The molecule has 32 heavy (non-hydrogen) atoms. The first-order chi connectivity index (χ1) is 15.3. The third kappa shape index (κ3) is 5.02. The number of hydrogen-bond donors (Lipinski definition) is 1. The molecule has 0 aliphatic rings. The number of nitrogens with one attached hydrogen (secondary N) is 1. The molecular formula is C23H14Br2Cl2N2O3. The number of benzene rings is 3. The van der Waals surface area contributed by atoms with E-state index in [1.54, 1.807) is 49.6 Å². The van der Waals surface area contributed by atoms with E-state index in [2.05, 4.69) is 42.2 Å². The van der Waals surface area contributed by atoms with E-state index in [0.29, 0.717) is 44.0 Å². The summed E-state index contributed by atoms with van der Waals surface area (Å²) >= 11 is 19.2. The van der Waals surface area contributed by atoms with Gasteiger partial charge in [0.2, 0.25) is 11.8 Å². The number of methoxy groups -OCH3 is 1. The average molecular weight is 597 g/mol. The molecule has 3 aromatic carbocycles. The number of carbonyl (C=O) groups excluding carboxylic acids is 1. The van der Waals surface area contributed by atoms with Crippen LogP contribution in [0, 0.1) is 0 Å². The normalized spacial score (nSPS) is 11.3. The van der Waals surface area contributed by atoms with Gasteiger partial charge in [0.15, 0.2) is 5.58 Å². The molecule has 0 bridgehead atoms. The summed E-state index contributed by atoms with van der Waals surface area (Å²) in [6.07, 6.45) is 3.11. The third-order valence-corrected chi connectivity index (χ3v) is 6.08. The van der Waals surface area contributed by atoms with Crippen LogP contribution < -0.4 is 10.1 Å². The first-order valence-electron chi connectivity index (χ1n) is 9.22. The van der Waals surface area contributed by atoms with Crippen LogP contribution in [0.4, 0.5) is 5.69 Å². The highest BCUT2D eigenvalue weighted by molar-refractivity contribution is 9.11. The molecule has 0 fully saturated rings. The highest BCUT2D eigenvalue weighted by Gasteiger charge is 2.13. The summed E-state index contributed by atoms with van der Waals surface area (Å²) in [6.45, 7) is 0. The van der Waals surface area contributed by atoms with Crippen molar-refractivity contribution in [2.45, 2.75) is 0 Å². The molecule has 1 amide bonds. The zero-order chi connectivity index (χ0) is 22.8. The summed E-state index contributed by atoms with van der Waals surface area (Å²) < 4.78 is 12.8. The Morgan fingerprint density at radius 3 is 2.72 bits per heavy atom. The Hall–Kier alpha value is -2.32. The first-order valence-corrected chi connectivity index (χ1v) is 11.6. The Morgan fingerprint density at radius 1 is 1.12 bits per heavy atom. The van der Waals surface area contributed by atoms with Gasteiger partial charge in [-0.15, -0.1) is 0 Å². The van der Waals surface area contributed by atoms with E-state index in [1.165, 1.54) is 6.08 Å². The molecule has 5 nitrogen and oxygen atoms in total. The SMILES string of the molecule is COc1c(Br)cc(Br)cc1/C=C/C(=O)Nc1ccc2oc(-c3cc(Cl)ccc3Cl)nc2c1. The second kappa shape index (κ2) is 9.67. The number of aromatic nitrogens is 1. The van der Waals surface area contributed by atoms with Crippen LogP contribution in [-0.2, 0) is 4.79 Å². The molecule has 4 rings (SSSR count). The lowest BCUT2D eigenvalue weighted by Crippen LogP contribution is -2.07. The molecule has 0 saturated carbocycles. The molecule has 0 radical (unpaired) electrons. The van der Waals surface area contributed by atoms with E-state index in [9.17, 15) is 4.79 Å². The Bertz CT molecular complexity index is 1370. The van der Waals surface area contributed by atoms with Crippen LogP contribution in [0.2, 0.25) is 10.0 Å². The van der Waals surface area contributed by atoms with Crippen molar-refractivity contribution in [2.24, 2.45) is 0 Å². The summed E-state index contributed by atoms with van der Waals surface area (Å²) in [7, 11) is 1.57. The topological polar surface area (TPSA) is 64.4 Å². The zero-order valence-corrected chi connectivity index (χ0v) is 21.1. The maximum Gasteiger partial charge on any atom is 0.248 e. The minimum absolute atomic E-state index is 0.302. The quantitative estimate of drug-likeness (QED) is 0.237. The van der Waals surface area contributed by atoms with Gasteiger partial charge in [-0.25, -0.2) is 4.98 Å². The smallest absolute Gasteiger partial charge is 0.248 e. The predicted octanol–water partition coefficient (Wildman–Crippen LogP) is 7.99. The number of nitrogens with zero attached hydrogens (tertiary/aromatic N) is 1. The van der Waals surface area contributed by atoms with E-state index < -0.39 is 0 Å². The van der Waals surface area contributed by atoms with Crippen LogP contribution in [0.5, 0.6) is 5.75 Å². The molecule has 0 spiro atoms. The molecule has 1 heterocycles. The molecule has 9 heteroatoms. The van der Waals surface area contributed by atoms with E-state index >= 15 is 0 Å². The molecule has 0 atom stereocenters. The standard InChI is InChI=1S/C23H14Br2Cl2N2O3/c1-31-22-12(8-13(24)9-17(22)25)2-7-21(30)28-15-4-6-20-19(11-15)29-23(32-20)16-10-14(26)3-5-18(16)27/h2-11H,1H3,(H,28,30)/b7-2+. The first kappa shape index (κ1) is 22.9. The number of hydrogen-bond acceptors (Lipinski definition) is 4. The van der Waals surface area contributed by atoms with Crippen molar-refractivity contribution >= 4 is 83.8 Å². The lowest BCUT2D eigenvalue weighted by Gasteiger charge is -2.08. The van der Waals surface area contributed by atoms with Gasteiger partial charge in [-0.2, -0.15) is 0 Å². The zero-order valence-electron chi connectivity index (χ0n) is 16.5. The van der Waals surface area contributed by atoms with Gasteiger partial charge < -0.3 is 14.5 Å². The molecule has 0 aliphatic carbocycles. The second-order valence-electron chi connectivity index (χ2n) is 6.66. The van der Waals surface area contributed by atoms with Crippen molar-refractivity contribution in [1.82, 2.24) is 4.98 Å². The Kier molecular flexibility index (Phi) is 6.90. The highest BCUT2D eigenvalue weighted by Crippen LogP contribution is 2.34. The molecule has 1 N–H and O–H groups in total. The van der Waals surface area contributed by atoms with Crippen molar-refractivity contribution in [3.63, 3.8) is 0 Å². The van der Waals surface area contributed by atoms with E-state index in [0.717, 1.165) is 14.5 Å². The van der Waals surface area contributed by atoms with Crippen molar-refractivity contribution in [1.29, 1.82) is 0 Å². The number of fused-ring (bicyclic) bond motifs is 1. The Morgan fingerprint density at radius 2 is 1.94 bits per heavy atom. The number of rotatable bonds is 5. The fourth-order valence-electron chi connectivity index (χ4n) is 3.05. The van der Waals surface area contributed by atoms with Crippen LogP contribution in [-0.4, -0.2) is 18.0 Å². The number of oxazole rings is 1.